The molecule has 0 rings (SSSR count). The highest BCUT2D eigenvalue weighted by Crippen LogP contribution is 2.00. The number of rotatable bonds is 4. The van der Waals surface area contributed by atoms with Crippen molar-refractivity contribution in [2.45, 2.75) is 32.8 Å². The average molecular weight is 151 g/mol. The minimum Gasteiger partial charge on any atom is -0.750 e. The molecule has 0 amide bonds. The molecule has 0 aliphatic carbocycles. The Morgan fingerprint density at radius 1 is 1.78 bits per heavy atom. The zero-order valence-corrected chi connectivity index (χ0v) is 6.44. The minimum atomic E-state index is -2.35. The van der Waals surface area contributed by atoms with Crippen LogP contribution in [0.4, 0.5) is 0 Å². The molecule has 3 nitrogen and oxygen atoms in total. The van der Waals surface area contributed by atoms with Crippen molar-refractivity contribution in [2.24, 2.45) is 0 Å². The van der Waals surface area contributed by atoms with Crippen molar-refractivity contribution in [2.75, 3.05) is 0 Å². The predicted octanol–water partition coefficient (Wildman–Crippen LogP) is 0.986. The van der Waals surface area contributed by atoms with Crippen LogP contribution in [0.2, 0.25) is 0 Å². The Kier molecular flexibility index (Phi) is 4.94. The van der Waals surface area contributed by atoms with E-state index in [9.17, 15) is 8.76 Å². The molecule has 0 N–H and O–H groups in total. The second-order valence-electron chi connectivity index (χ2n) is 1.90. The Balaban J connectivity index is 3.26. The summed E-state index contributed by atoms with van der Waals surface area (Å²) in [5.74, 6) is 0. The first-order valence-corrected chi connectivity index (χ1v) is 3.93. The van der Waals surface area contributed by atoms with E-state index in [0.29, 0.717) is 0 Å². The third kappa shape index (κ3) is 5.95. The SMILES string of the molecule is CCCC(C)OS(=O)[O-]. The van der Waals surface area contributed by atoms with Crippen molar-refractivity contribution in [1.29, 1.82) is 0 Å². The van der Waals surface area contributed by atoms with E-state index in [1.807, 2.05) is 6.92 Å². The third-order valence-electron chi connectivity index (χ3n) is 0.938. The summed E-state index contributed by atoms with van der Waals surface area (Å²) in [4.78, 5) is 0. The molecule has 4 heteroatoms. The fraction of sp³-hybridized carbons (Fsp3) is 1.00. The quantitative estimate of drug-likeness (QED) is 0.563. The van der Waals surface area contributed by atoms with Gasteiger partial charge in [0.05, 0.1) is 17.5 Å². The Morgan fingerprint density at radius 2 is 2.33 bits per heavy atom. The van der Waals surface area contributed by atoms with Gasteiger partial charge < -0.3 is 4.55 Å². The molecule has 0 radical (unpaired) electrons. The van der Waals surface area contributed by atoms with Crippen molar-refractivity contribution < 1.29 is 12.9 Å². The van der Waals surface area contributed by atoms with Crippen LogP contribution in [0, 0.1) is 0 Å². The third-order valence-corrected chi connectivity index (χ3v) is 1.42. The summed E-state index contributed by atoms with van der Waals surface area (Å²) >= 11 is -2.35. The topological polar surface area (TPSA) is 49.4 Å². The lowest BCUT2D eigenvalue weighted by atomic mass is 10.2. The van der Waals surface area contributed by atoms with Gasteiger partial charge in [-0.2, -0.15) is 0 Å². The van der Waals surface area contributed by atoms with Crippen LogP contribution in [0.1, 0.15) is 26.7 Å². The van der Waals surface area contributed by atoms with Gasteiger partial charge in [0, 0.05) is 0 Å². The molecular weight excluding hydrogens is 140 g/mol. The standard InChI is InChI=1S/C5H12O3S/c1-3-4-5(2)8-9(6)7/h5H,3-4H2,1-2H3,(H,6,7)/p-1. The van der Waals surface area contributed by atoms with Crippen LogP contribution in [0.3, 0.4) is 0 Å². The largest absolute Gasteiger partial charge is 0.750 e. The fourth-order valence-corrected chi connectivity index (χ4v) is 0.953. The fourth-order valence-electron chi connectivity index (χ4n) is 0.589. The van der Waals surface area contributed by atoms with Crippen molar-refractivity contribution in [3.05, 3.63) is 0 Å². The van der Waals surface area contributed by atoms with Crippen molar-refractivity contribution in [1.82, 2.24) is 0 Å². The van der Waals surface area contributed by atoms with E-state index in [1.165, 1.54) is 0 Å². The predicted molar refractivity (Wildman–Crippen MR) is 34.4 cm³/mol. The van der Waals surface area contributed by atoms with E-state index < -0.39 is 11.4 Å². The molecule has 0 fully saturated rings. The summed E-state index contributed by atoms with van der Waals surface area (Å²) in [5, 5.41) is 0. The lowest BCUT2D eigenvalue weighted by molar-refractivity contribution is 0.208. The molecule has 0 saturated heterocycles. The Morgan fingerprint density at radius 3 is 2.67 bits per heavy atom. The smallest absolute Gasteiger partial charge is 0.0844 e. The van der Waals surface area contributed by atoms with Gasteiger partial charge in [-0.3, -0.25) is 4.18 Å². The lowest BCUT2D eigenvalue weighted by Gasteiger charge is -2.11. The summed E-state index contributed by atoms with van der Waals surface area (Å²) in [6, 6.07) is 0. The molecule has 0 bridgehead atoms. The van der Waals surface area contributed by atoms with E-state index in [4.69, 9.17) is 0 Å². The van der Waals surface area contributed by atoms with E-state index >= 15 is 0 Å². The summed E-state index contributed by atoms with van der Waals surface area (Å²) in [6.45, 7) is 3.72. The van der Waals surface area contributed by atoms with Gasteiger partial charge in [0.25, 0.3) is 0 Å². The molecule has 0 aromatic heterocycles. The minimum absolute atomic E-state index is 0.173. The maximum Gasteiger partial charge on any atom is 0.0844 e. The molecular formula is C5H11O3S-. The molecule has 0 saturated carbocycles. The molecule has 0 heterocycles. The van der Waals surface area contributed by atoms with E-state index in [0.717, 1.165) is 12.8 Å². The van der Waals surface area contributed by atoms with Gasteiger partial charge in [0.1, 0.15) is 0 Å². The van der Waals surface area contributed by atoms with Crippen LogP contribution in [0.25, 0.3) is 0 Å². The highest BCUT2D eigenvalue weighted by molar-refractivity contribution is 7.74. The zero-order valence-electron chi connectivity index (χ0n) is 5.62. The second-order valence-corrected chi connectivity index (χ2v) is 2.50. The van der Waals surface area contributed by atoms with E-state index in [1.54, 1.807) is 6.92 Å². The first kappa shape index (κ1) is 9.07. The molecule has 0 aliphatic rings. The van der Waals surface area contributed by atoms with Gasteiger partial charge in [0.2, 0.25) is 0 Å². The molecule has 0 aliphatic heterocycles. The van der Waals surface area contributed by atoms with Crippen LogP contribution in [0.5, 0.6) is 0 Å². The monoisotopic (exact) mass is 151 g/mol. The molecule has 0 aromatic carbocycles. The number of hydrogen-bond acceptors (Lipinski definition) is 3. The average Bonchev–Trinajstić information content (AvgIpc) is 1.63. The summed E-state index contributed by atoms with van der Waals surface area (Å²) < 4.78 is 24.1. The highest BCUT2D eigenvalue weighted by atomic mass is 32.2. The summed E-state index contributed by atoms with van der Waals surface area (Å²) in [6.07, 6.45) is 1.56. The molecule has 2 unspecified atom stereocenters. The van der Waals surface area contributed by atoms with Crippen molar-refractivity contribution >= 4 is 11.4 Å². The zero-order chi connectivity index (χ0) is 7.28. The van der Waals surface area contributed by atoms with Crippen LogP contribution < -0.4 is 0 Å². The molecule has 2 atom stereocenters. The normalized spacial score (nSPS) is 17.2. The van der Waals surface area contributed by atoms with Crippen molar-refractivity contribution in [3.63, 3.8) is 0 Å². The maximum absolute atomic E-state index is 9.86. The van der Waals surface area contributed by atoms with Crippen LogP contribution >= 0.6 is 0 Å². The maximum atomic E-state index is 9.86. The summed E-state index contributed by atoms with van der Waals surface area (Å²) in [5.41, 5.74) is 0. The first-order chi connectivity index (χ1) is 4.16. The molecule has 56 valence electrons. The Labute approximate surface area is 57.9 Å². The second kappa shape index (κ2) is 4.90. The van der Waals surface area contributed by atoms with E-state index in [-0.39, 0.29) is 6.10 Å². The van der Waals surface area contributed by atoms with Gasteiger partial charge >= 0.3 is 0 Å². The lowest BCUT2D eigenvalue weighted by Crippen LogP contribution is -2.08. The molecule has 0 aromatic rings. The van der Waals surface area contributed by atoms with Gasteiger partial charge in [-0.1, -0.05) is 13.3 Å². The van der Waals surface area contributed by atoms with Gasteiger partial charge in [-0.25, -0.2) is 4.21 Å². The van der Waals surface area contributed by atoms with E-state index in [2.05, 4.69) is 4.18 Å². The number of hydrogen-bond donors (Lipinski definition) is 0. The highest BCUT2D eigenvalue weighted by Gasteiger charge is 1.98. The Hall–Kier alpha value is 0.0700. The van der Waals surface area contributed by atoms with Crippen LogP contribution in [-0.2, 0) is 15.5 Å². The van der Waals surface area contributed by atoms with Crippen LogP contribution in [0.15, 0.2) is 0 Å². The molecule has 0 spiro atoms. The van der Waals surface area contributed by atoms with Gasteiger partial charge in [-0.15, -0.1) is 0 Å². The van der Waals surface area contributed by atoms with Gasteiger partial charge in [0.15, 0.2) is 0 Å². The van der Waals surface area contributed by atoms with Crippen molar-refractivity contribution in [3.8, 4) is 0 Å². The van der Waals surface area contributed by atoms with Gasteiger partial charge in [-0.05, 0) is 13.3 Å². The summed E-state index contributed by atoms with van der Waals surface area (Å²) in [7, 11) is 0. The molecule has 9 heavy (non-hydrogen) atoms. The first-order valence-electron chi connectivity index (χ1n) is 2.93. The Bertz CT molecular complexity index is 94.2. The van der Waals surface area contributed by atoms with Crippen LogP contribution in [-0.4, -0.2) is 14.9 Å².